The van der Waals surface area contributed by atoms with Crippen LogP contribution in [0.5, 0.6) is 0 Å². The highest BCUT2D eigenvalue weighted by Gasteiger charge is 2.32. The van der Waals surface area contributed by atoms with Crippen molar-refractivity contribution in [3.63, 3.8) is 0 Å². The molecule has 2 aliphatic rings. The summed E-state index contributed by atoms with van der Waals surface area (Å²) in [7, 11) is 0. The summed E-state index contributed by atoms with van der Waals surface area (Å²) in [5.74, 6) is 0.0333. The first-order valence-corrected chi connectivity index (χ1v) is 6.06. The van der Waals surface area contributed by atoms with Crippen LogP contribution >= 0.6 is 0 Å². The molecule has 0 aliphatic carbocycles. The fourth-order valence-corrected chi connectivity index (χ4v) is 2.39. The molecule has 5 nitrogen and oxygen atoms in total. The summed E-state index contributed by atoms with van der Waals surface area (Å²) in [6, 6.07) is -0.00761. The van der Waals surface area contributed by atoms with E-state index in [2.05, 4.69) is 5.32 Å². The van der Waals surface area contributed by atoms with E-state index in [1.54, 1.807) is 4.90 Å². The molecule has 0 bridgehead atoms. The van der Waals surface area contributed by atoms with Crippen molar-refractivity contribution in [1.29, 1.82) is 0 Å². The molecule has 16 heavy (non-hydrogen) atoms. The van der Waals surface area contributed by atoms with Gasteiger partial charge < -0.3 is 20.1 Å². The van der Waals surface area contributed by atoms with Crippen LogP contribution in [0, 0.1) is 0 Å². The molecule has 2 fully saturated rings. The molecular formula is C11H20N2O3. The molecule has 0 aromatic carbocycles. The molecule has 2 aliphatic heterocycles. The second kappa shape index (κ2) is 5.61. The smallest absolute Gasteiger partial charge is 0.253 e. The number of rotatable bonds is 2. The highest BCUT2D eigenvalue weighted by Crippen LogP contribution is 2.18. The Labute approximate surface area is 95.8 Å². The first-order valence-electron chi connectivity index (χ1n) is 6.06. The van der Waals surface area contributed by atoms with Gasteiger partial charge in [0.15, 0.2) is 0 Å². The minimum Gasteiger partial charge on any atom is -0.394 e. The van der Waals surface area contributed by atoms with Crippen molar-refractivity contribution in [1.82, 2.24) is 10.2 Å². The number of morpholine rings is 1. The highest BCUT2D eigenvalue weighted by atomic mass is 16.5. The number of aliphatic hydroxyl groups is 1. The molecule has 2 heterocycles. The van der Waals surface area contributed by atoms with Gasteiger partial charge in [-0.2, -0.15) is 0 Å². The van der Waals surface area contributed by atoms with Crippen molar-refractivity contribution < 1.29 is 14.6 Å². The minimum absolute atomic E-state index is 0.00761. The Morgan fingerprint density at radius 3 is 3.06 bits per heavy atom. The molecule has 2 rings (SSSR count). The summed E-state index contributed by atoms with van der Waals surface area (Å²) in [5.41, 5.74) is 0. The monoisotopic (exact) mass is 228 g/mol. The molecule has 0 aromatic heterocycles. The van der Waals surface area contributed by atoms with Gasteiger partial charge in [-0.1, -0.05) is 0 Å². The van der Waals surface area contributed by atoms with E-state index < -0.39 is 0 Å². The Morgan fingerprint density at radius 2 is 2.38 bits per heavy atom. The number of hydrogen-bond acceptors (Lipinski definition) is 4. The number of carbonyl (C=O) groups excluding carboxylic acids is 1. The number of ether oxygens (including phenoxy) is 1. The van der Waals surface area contributed by atoms with E-state index in [4.69, 9.17) is 4.74 Å². The SMILES string of the molecule is O=C(C1CNCCO1)N1CCCCC1CO. The summed E-state index contributed by atoms with van der Waals surface area (Å²) in [5, 5.41) is 12.4. The van der Waals surface area contributed by atoms with Crippen LogP contribution in [-0.2, 0) is 9.53 Å². The lowest BCUT2D eigenvalue weighted by atomic mass is 10.0. The molecule has 92 valence electrons. The Balaban J connectivity index is 1.95. The largest absolute Gasteiger partial charge is 0.394 e. The fraction of sp³-hybridized carbons (Fsp3) is 0.909. The van der Waals surface area contributed by atoms with Crippen LogP contribution in [0.1, 0.15) is 19.3 Å². The van der Waals surface area contributed by atoms with Crippen LogP contribution < -0.4 is 5.32 Å². The lowest BCUT2D eigenvalue weighted by Crippen LogP contribution is -2.54. The molecule has 0 aromatic rings. The van der Waals surface area contributed by atoms with Gasteiger partial charge in [-0.3, -0.25) is 4.79 Å². The predicted molar refractivity (Wildman–Crippen MR) is 59.0 cm³/mol. The van der Waals surface area contributed by atoms with Gasteiger partial charge in [-0.25, -0.2) is 0 Å². The topological polar surface area (TPSA) is 61.8 Å². The summed E-state index contributed by atoms with van der Waals surface area (Å²) < 4.78 is 5.45. The highest BCUT2D eigenvalue weighted by molar-refractivity contribution is 5.81. The molecule has 0 radical (unpaired) electrons. The average Bonchev–Trinajstić information content (AvgIpc) is 2.39. The maximum Gasteiger partial charge on any atom is 0.253 e. The van der Waals surface area contributed by atoms with Crippen molar-refractivity contribution in [3.8, 4) is 0 Å². The maximum atomic E-state index is 12.2. The van der Waals surface area contributed by atoms with Crippen molar-refractivity contribution >= 4 is 5.91 Å². The first-order chi connectivity index (χ1) is 7.83. The zero-order valence-corrected chi connectivity index (χ0v) is 9.52. The maximum absolute atomic E-state index is 12.2. The van der Waals surface area contributed by atoms with Gasteiger partial charge in [0.2, 0.25) is 0 Å². The molecule has 0 spiro atoms. The second-order valence-electron chi connectivity index (χ2n) is 4.43. The van der Waals surface area contributed by atoms with Gasteiger partial charge in [-0.15, -0.1) is 0 Å². The number of amides is 1. The molecule has 2 atom stereocenters. The van der Waals surface area contributed by atoms with E-state index in [1.165, 1.54) is 0 Å². The molecule has 0 saturated carbocycles. The van der Waals surface area contributed by atoms with Crippen LogP contribution in [0.3, 0.4) is 0 Å². The number of nitrogens with one attached hydrogen (secondary N) is 1. The van der Waals surface area contributed by atoms with E-state index in [1.807, 2.05) is 0 Å². The number of nitrogens with zero attached hydrogens (tertiary/aromatic N) is 1. The van der Waals surface area contributed by atoms with Crippen LogP contribution in [0.4, 0.5) is 0 Å². The molecule has 2 unspecified atom stereocenters. The summed E-state index contributed by atoms with van der Waals surface area (Å²) in [6.45, 7) is 2.81. The zero-order valence-electron chi connectivity index (χ0n) is 9.52. The third kappa shape index (κ3) is 2.53. The van der Waals surface area contributed by atoms with Gasteiger partial charge >= 0.3 is 0 Å². The van der Waals surface area contributed by atoms with Crippen LogP contribution in [0.25, 0.3) is 0 Å². The summed E-state index contributed by atoms with van der Waals surface area (Å²) in [6.07, 6.45) is 2.67. The Hall–Kier alpha value is -0.650. The average molecular weight is 228 g/mol. The lowest BCUT2D eigenvalue weighted by Gasteiger charge is -2.37. The lowest BCUT2D eigenvalue weighted by molar-refractivity contribution is -0.150. The van der Waals surface area contributed by atoms with E-state index in [-0.39, 0.29) is 24.7 Å². The molecule has 1 amide bonds. The third-order valence-electron chi connectivity index (χ3n) is 3.32. The van der Waals surface area contributed by atoms with Crippen molar-refractivity contribution in [2.45, 2.75) is 31.4 Å². The van der Waals surface area contributed by atoms with Crippen LogP contribution in [0.15, 0.2) is 0 Å². The van der Waals surface area contributed by atoms with E-state index in [0.717, 1.165) is 32.4 Å². The Morgan fingerprint density at radius 1 is 1.50 bits per heavy atom. The van der Waals surface area contributed by atoms with Gasteiger partial charge in [-0.05, 0) is 19.3 Å². The van der Waals surface area contributed by atoms with Gasteiger partial charge in [0.05, 0.1) is 19.3 Å². The third-order valence-corrected chi connectivity index (χ3v) is 3.32. The molecule has 5 heteroatoms. The number of hydrogen-bond donors (Lipinski definition) is 2. The standard InChI is InChI=1S/C11H20N2O3/c14-8-9-3-1-2-5-13(9)11(15)10-7-12-4-6-16-10/h9-10,12,14H,1-8H2. The molecule has 2 saturated heterocycles. The van der Waals surface area contributed by atoms with E-state index in [9.17, 15) is 9.90 Å². The quantitative estimate of drug-likeness (QED) is 0.659. The number of aliphatic hydroxyl groups excluding tert-OH is 1. The van der Waals surface area contributed by atoms with Crippen molar-refractivity contribution in [2.75, 3.05) is 32.8 Å². The Bertz CT molecular complexity index is 241. The van der Waals surface area contributed by atoms with Crippen molar-refractivity contribution in [2.24, 2.45) is 0 Å². The van der Waals surface area contributed by atoms with Crippen molar-refractivity contribution in [3.05, 3.63) is 0 Å². The van der Waals surface area contributed by atoms with E-state index >= 15 is 0 Å². The number of likely N-dealkylation sites (tertiary alicyclic amines) is 1. The van der Waals surface area contributed by atoms with Crippen LogP contribution in [0.2, 0.25) is 0 Å². The zero-order chi connectivity index (χ0) is 11.4. The summed E-state index contributed by atoms with van der Waals surface area (Å²) >= 11 is 0. The normalized spacial score (nSPS) is 31.4. The van der Waals surface area contributed by atoms with Gasteiger partial charge in [0.1, 0.15) is 6.10 Å². The molecular weight excluding hydrogens is 208 g/mol. The second-order valence-corrected chi connectivity index (χ2v) is 4.43. The van der Waals surface area contributed by atoms with Crippen LogP contribution in [-0.4, -0.2) is 60.9 Å². The Kier molecular flexibility index (Phi) is 4.15. The summed E-state index contributed by atoms with van der Waals surface area (Å²) in [4.78, 5) is 14.0. The first kappa shape index (κ1) is 11.8. The minimum atomic E-state index is -0.360. The number of carbonyl (C=O) groups is 1. The predicted octanol–water partition coefficient (Wildman–Crippen LogP) is -0.652. The molecule has 2 N–H and O–H groups in total. The van der Waals surface area contributed by atoms with Gasteiger partial charge in [0, 0.05) is 19.6 Å². The number of piperidine rings is 1. The fourth-order valence-electron chi connectivity index (χ4n) is 2.39. The van der Waals surface area contributed by atoms with Gasteiger partial charge in [0.25, 0.3) is 5.91 Å². The van der Waals surface area contributed by atoms with E-state index in [0.29, 0.717) is 13.2 Å².